The molecule has 36 heavy (non-hydrogen) atoms. The molecule has 0 bridgehead atoms. The fourth-order valence-electron chi connectivity index (χ4n) is 4.14. The quantitative estimate of drug-likeness (QED) is 0.537. The third kappa shape index (κ3) is 6.25. The number of nitrogens with zero attached hydrogens (tertiary/aromatic N) is 5. The van der Waals surface area contributed by atoms with Gasteiger partial charge in [-0.15, -0.1) is 0 Å². The highest BCUT2D eigenvalue weighted by atomic mass is 16.5. The van der Waals surface area contributed by atoms with E-state index in [9.17, 15) is 9.90 Å². The number of aromatic nitrogens is 3. The summed E-state index contributed by atoms with van der Waals surface area (Å²) < 4.78 is 6.37. The number of pyridine rings is 3. The summed E-state index contributed by atoms with van der Waals surface area (Å²) in [4.78, 5) is 30.1. The molecule has 186 valence electrons. The number of ether oxygens (including phenoxy) is 1. The van der Waals surface area contributed by atoms with Crippen LogP contribution < -0.4 is 4.74 Å². The third-order valence-electron chi connectivity index (χ3n) is 6.23. The van der Waals surface area contributed by atoms with Gasteiger partial charge in [-0.1, -0.05) is 18.8 Å². The van der Waals surface area contributed by atoms with E-state index in [1.54, 1.807) is 42.0 Å². The smallest absolute Gasteiger partial charge is 0.259 e. The number of carbonyl (C=O) groups is 1. The average Bonchev–Trinajstić information content (AvgIpc) is 2.90. The first-order valence-corrected chi connectivity index (χ1v) is 12.0. The molecule has 0 saturated heterocycles. The number of aliphatic hydroxyl groups is 1. The van der Waals surface area contributed by atoms with Gasteiger partial charge >= 0.3 is 0 Å². The summed E-state index contributed by atoms with van der Waals surface area (Å²) in [7, 11) is 2.04. The predicted octanol–water partition coefficient (Wildman–Crippen LogP) is 2.62. The molecule has 0 spiro atoms. The summed E-state index contributed by atoms with van der Waals surface area (Å²) in [6.07, 6.45) is 8.36. The molecule has 0 saturated carbocycles. The molecule has 4 rings (SSSR count). The van der Waals surface area contributed by atoms with Gasteiger partial charge in [0.1, 0.15) is 11.7 Å². The third-order valence-corrected chi connectivity index (χ3v) is 6.23. The van der Waals surface area contributed by atoms with Crippen molar-refractivity contribution in [2.75, 3.05) is 26.7 Å². The lowest BCUT2D eigenvalue weighted by molar-refractivity contribution is 0.0325. The zero-order valence-electron chi connectivity index (χ0n) is 20.8. The molecule has 0 radical (unpaired) electrons. The molecular weight excluding hydrogens is 454 g/mol. The zero-order valence-corrected chi connectivity index (χ0v) is 20.8. The normalized spacial score (nSPS) is 18.4. The zero-order chi connectivity index (χ0) is 25.5. The number of likely N-dealkylation sites (N-methyl/N-ethyl adjacent to an activating group) is 1. The number of fused-ring (bicyclic) bond motifs is 1. The molecule has 3 atom stereocenters. The molecule has 1 aliphatic heterocycles. The maximum Gasteiger partial charge on any atom is 0.259 e. The van der Waals surface area contributed by atoms with Crippen LogP contribution in [0.1, 0.15) is 40.9 Å². The summed E-state index contributed by atoms with van der Waals surface area (Å²) >= 11 is 0. The van der Waals surface area contributed by atoms with Crippen LogP contribution in [0, 0.1) is 17.8 Å². The number of hydrogen-bond donors (Lipinski definition) is 1. The second-order valence-corrected chi connectivity index (χ2v) is 9.24. The Kier molecular flexibility index (Phi) is 8.26. The van der Waals surface area contributed by atoms with Crippen molar-refractivity contribution >= 4 is 5.91 Å². The van der Waals surface area contributed by atoms with E-state index in [4.69, 9.17) is 4.74 Å². The van der Waals surface area contributed by atoms with E-state index in [1.165, 1.54) is 0 Å². The van der Waals surface area contributed by atoms with Gasteiger partial charge in [-0.25, -0.2) is 4.98 Å². The lowest BCUT2D eigenvalue weighted by Crippen LogP contribution is -2.49. The van der Waals surface area contributed by atoms with Gasteiger partial charge in [0, 0.05) is 67.7 Å². The minimum atomic E-state index is -0.341. The van der Waals surface area contributed by atoms with Gasteiger partial charge in [0.2, 0.25) is 5.88 Å². The van der Waals surface area contributed by atoms with Crippen molar-refractivity contribution < 1.29 is 14.6 Å². The number of aliphatic hydroxyl groups excluding tert-OH is 1. The largest absolute Gasteiger partial charge is 0.472 e. The summed E-state index contributed by atoms with van der Waals surface area (Å²) in [5.74, 6) is 6.20. The molecule has 3 aromatic heterocycles. The van der Waals surface area contributed by atoms with Crippen LogP contribution >= 0.6 is 0 Å². The first kappa shape index (κ1) is 25.3. The number of carbonyl (C=O) groups excluding carboxylic acids is 1. The van der Waals surface area contributed by atoms with Crippen LogP contribution in [0.25, 0.3) is 0 Å². The van der Waals surface area contributed by atoms with E-state index in [-0.39, 0.29) is 36.5 Å². The second kappa shape index (κ2) is 11.8. The minimum absolute atomic E-state index is 0.0165. The molecule has 8 heteroatoms. The Labute approximate surface area is 212 Å². The first-order chi connectivity index (χ1) is 17.4. The van der Waals surface area contributed by atoms with Crippen molar-refractivity contribution in [3.63, 3.8) is 0 Å². The maximum absolute atomic E-state index is 13.6. The van der Waals surface area contributed by atoms with Gasteiger partial charge in [0.25, 0.3) is 5.91 Å². The molecule has 0 aliphatic carbocycles. The highest BCUT2D eigenvalue weighted by Gasteiger charge is 2.34. The molecule has 1 aliphatic rings. The Balaban J connectivity index is 1.63. The van der Waals surface area contributed by atoms with Crippen molar-refractivity contribution in [1.82, 2.24) is 24.8 Å². The molecular formula is C28H31N5O3. The van der Waals surface area contributed by atoms with Crippen molar-refractivity contribution in [3.8, 4) is 17.7 Å². The van der Waals surface area contributed by atoms with E-state index in [0.29, 0.717) is 24.2 Å². The molecule has 1 N–H and O–H groups in total. The van der Waals surface area contributed by atoms with Crippen molar-refractivity contribution in [2.24, 2.45) is 5.92 Å². The Morgan fingerprint density at radius 3 is 2.67 bits per heavy atom. The summed E-state index contributed by atoms with van der Waals surface area (Å²) in [5.41, 5.74) is 2.88. The fraction of sp³-hybridized carbons (Fsp3) is 0.357. The van der Waals surface area contributed by atoms with E-state index in [0.717, 1.165) is 17.7 Å². The predicted molar refractivity (Wildman–Crippen MR) is 136 cm³/mol. The van der Waals surface area contributed by atoms with E-state index >= 15 is 0 Å². The van der Waals surface area contributed by atoms with Crippen LogP contribution in [-0.4, -0.2) is 74.7 Å². The number of hydrogen-bond acceptors (Lipinski definition) is 7. The standard InChI is InChI=1S/C28H31N5O3/c1-20-16-33(21(2)19-34)28(35)25-13-24(7-6-22-5-4-10-30-14-22)15-31-27(25)36-26(20)18-32(3)17-23-8-11-29-12-9-23/h4-5,8-15,20-21,26,34H,16-19H2,1-3H3/t20-,21-,26+/m0/s1. The molecule has 4 heterocycles. The van der Waals surface area contributed by atoms with Crippen LogP contribution in [0.15, 0.2) is 61.3 Å². The monoisotopic (exact) mass is 485 g/mol. The van der Waals surface area contributed by atoms with Gasteiger partial charge in [0.15, 0.2) is 0 Å². The molecule has 0 unspecified atom stereocenters. The van der Waals surface area contributed by atoms with E-state index in [1.807, 2.05) is 38.2 Å². The highest BCUT2D eigenvalue weighted by molar-refractivity contribution is 5.97. The van der Waals surface area contributed by atoms with Gasteiger partial charge in [-0.2, -0.15) is 0 Å². The van der Waals surface area contributed by atoms with Crippen molar-refractivity contribution in [3.05, 3.63) is 83.6 Å². The van der Waals surface area contributed by atoms with Crippen molar-refractivity contribution in [1.29, 1.82) is 0 Å². The molecule has 0 aromatic carbocycles. The van der Waals surface area contributed by atoms with Crippen LogP contribution in [-0.2, 0) is 6.54 Å². The average molecular weight is 486 g/mol. The fourth-order valence-corrected chi connectivity index (χ4v) is 4.14. The highest BCUT2D eigenvalue weighted by Crippen LogP contribution is 2.27. The van der Waals surface area contributed by atoms with Crippen molar-refractivity contribution in [2.45, 2.75) is 32.5 Å². The number of rotatable bonds is 6. The van der Waals surface area contributed by atoms with Crippen LogP contribution in [0.2, 0.25) is 0 Å². The van der Waals surface area contributed by atoms with E-state index < -0.39 is 0 Å². The van der Waals surface area contributed by atoms with Crippen LogP contribution in [0.3, 0.4) is 0 Å². The SMILES string of the molecule is C[C@H]1CN([C@@H](C)CO)C(=O)c2cc(C#Cc3cccnc3)cnc2O[C@@H]1CN(C)Cc1ccncc1. The summed E-state index contributed by atoms with van der Waals surface area (Å²) in [6.45, 7) is 5.62. The van der Waals surface area contributed by atoms with Gasteiger partial charge in [0.05, 0.1) is 12.6 Å². The van der Waals surface area contributed by atoms with Gasteiger partial charge < -0.3 is 14.7 Å². The molecule has 8 nitrogen and oxygen atoms in total. The number of amides is 1. The first-order valence-electron chi connectivity index (χ1n) is 12.0. The molecule has 0 fully saturated rings. The Morgan fingerprint density at radius 2 is 1.94 bits per heavy atom. The Bertz CT molecular complexity index is 1230. The van der Waals surface area contributed by atoms with Crippen LogP contribution in [0.5, 0.6) is 5.88 Å². The van der Waals surface area contributed by atoms with Gasteiger partial charge in [-0.05, 0) is 49.9 Å². The summed E-state index contributed by atoms with van der Waals surface area (Å²) in [5, 5.41) is 9.86. The Hall–Kier alpha value is -3.80. The lowest BCUT2D eigenvalue weighted by atomic mass is 9.99. The minimum Gasteiger partial charge on any atom is -0.472 e. The topological polar surface area (TPSA) is 91.7 Å². The van der Waals surface area contributed by atoms with Crippen LogP contribution in [0.4, 0.5) is 0 Å². The maximum atomic E-state index is 13.6. The van der Waals surface area contributed by atoms with E-state index in [2.05, 4.69) is 38.6 Å². The second-order valence-electron chi connectivity index (χ2n) is 9.24. The summed E-state index contributed by atoms with van der Waals surface area (Å²) in [6, 6.07) is 9.06. The molecule has 3 aromatic rings. The lowest BCUT2D eigenvalue weighted by Gasteiger charge is -2.37. The molecule has 1 amide bonds. The Morgan fingerprint density at radius 1 is 1.17 bits per heavy atom. The van der Waals surface area contributed by atoms with Gasteiger partial charge in [-0.3, -0.25) is 19.7 Å².